The fraction of sp³-hybridized carbons (Fsp3) is 0.333. The molecule has 0 heterocycles. The van der Waals surface area contributed by atoms with Crippen LogP contribution in [0.25, 0.3) is 0 Å². The first-order valence-electron chi connectivity index (χ1n) is 7.70. The van der Waals surface area contributed by atoms with Crippen LogP contribution in [-0.2, 0) is 4.57 Å². The first kappa shape index (κ1) is 24.4. The lowest BCUT2D eigenvalue weighted by molar-refractivity contribution is -0.337. The van der Waals surface area contributed by atoms with Crippen LogP contribution in [0.5, 0.6) is 0 Å². The van der Waals surface area contributed by atoms with E-state index in [0.29, 0.717) is 0 Å². The van der Waals surface area contributed by atoms with Gasteiger partial charge in [-0.05, 0) is 24.3 Å². The molecule has 0 radical (unpaired) electrons. The maximum absolute atomic E-state index is 8.66. The summed E-state index contributed by atoms with van der Waals surface area (Å²) in [5.41, 5.74) is 0. The van der Waals surface area contributed by atoms with Crippen LogP contribution in [0.1, 0.15) is 0 Å². The standard InChI is InChI=1S/2C9H14P.H3O4P/c2*1-10(2,3)9-7-5-4-6-8-9;1-5(2,3)4/h2*4-8H,1-3H3;(H3,1,2,3,4)/q2*+1;/p-2. The summed E-state index contributed by atoms with van der Waals surface area (Å²) in [6, 6.07) is 21.4. The SMILES string of the molecule is C[P+](C)(C)c1ccccc1.C[P+](C)(C)c1ccccc1.O=P([O-])([O-])O. The Labute approximate surface area is 153 Å². The lowest BCUT2D eigenvalue weighted by Gasteiger charge is -2.19. The highest BCUT2D eigenvalue weighted by molar-refractivity contribution is 7.81. The third kappa shape index (κ3) is 14.3. The van der Waals surface area contributed by atoms with Crippen molar-refractivity contribution in [3.05, 3.63) is 60.7 Å². The van der Waals surface area contributed by atoms with E-state index in [1.807, 2.05) is 0 Å². The Hall–Kier alpha value is -0.590. The van der Waals surface area contributed by atoms with Crippen molar-refractivity contribution in [2.24, 2.45) is 0 Å². The monoisotopic (exact) mass is 402 g/mol. The zero-order valence-corrected chi connectivity index (χ0v) is 18.5. The van der Waals surface area contributed by atoms with Gasteiger partial charge < -0.3 is 19.2 Å². The van der Waals surface area contributed by atoms with E-state index in [1.165, 1.54) is 10.6 Å². The quantitative estimate of drug-likeness (QED) is 0.781. The molecule has 0 amide bonds. The minimum absolute atomic E-state index is 0.768. The lowest BCUT2D eigenvalue weighted by Crippen LogP contribution is -2.11. The molecule has 2 aromatic carbocycles. The van der Waals surface area contributed by atoms with Crippen molar-refractivity contribution < 1.29 is 19.2 Å². The number of hydrogen-bond donors (Lipinski definition) is 1. The van der Waals surface area contributed by atoms with Crippen LogP contribution in [0.15, 0.2) is 60.7 Å². The summed E-state index contributed by atoms with van der Waals surface area (Å²) >= 11 is 0. The third-order valence-corrected chi connectivity index (χ3v) is 6.76. The van der Waals surface area contributed by atoms with Gasteiger partial charge in [-0.1, -0.05) is 36.4 Å². The molecule has 0 aliphatic heterocycles. The van der Waals surface area contributed by atoms with Crippen molar-refractivity contribution in [2.45, 2.75) is 0 Å². The number of rotatable bonds is 2. The molecule has 2 rings (SSSR count). The minimum Gasteiger partial charge on any atom is -0.790 e. The highest BCUT2D eigenvalue weighted by Crippen LogP contribution is 2.45. The average Bonchev–Trinajstić information content (AvgIpc) is 2.46. The molecule has 0 fully saturated rings. The second kappa shape index (κ2) is 10.5. The number of hydrogen-bond acceptors (Lipinski definition) is 3. The second-order valence-electron chi connectivity index (χ2n) is 7.16. The van der Waals surface area contributed by atoms with E-state index in [1.54, 1.807) is 0 Å². The topological polar surface area (TPSA) is 83.4 Å². The molecule has 0 atom stereocenters. The molecule has 0 bridgehead atoms. The molecule has 25 heavy (non-hydrogen) atoms. The first-order valence-corrected chi connectivity index (χ1v) is 15.5. The summed E-state index contributed by atoms with van der Waals surface area (Å²) in [5.74, 6) is 0. The Morgan fingerprint density at radius 3 is 1.00 bits per heavy atom. The Kier molecular flexibility index (Phi) is 10.3. The van der Waals surface area contributed by atoms with Crippen molar-refractivity contribution in [1.29, 1.82) is 0 Å². The van der Waals surface area contributed by atoms with E-state index >= 15 is 0 Å². The van der Waals surface area contributed by atoms with E-state index in [9.17, 15) is 0 Å². The number of phosphoric acid groups is 1. The van der Waals surface area contributed by atoms with Crippen molar-refractivity contribution in [2.75, 3.05) is 40.0 Å². The Bertz CT molecular complexity index is 584. The second-order valence-corrected chi connectivity index (χ2v) is 17.2. The fourth-order valence-corrected chi connectivity index (χ4v) is 3.88. The maximum Gasteiger partial charge on any atom is 0.0930 e. The molecule has 0 saturated heterocycles. The zero-order chi connectivity index (χ0) is 19.7. The van der Waals surface area contributed by atoms with Gasteiger partial charge in [0.15, 0.2) is 0 Å². The molecule has 4 nitrogen and oxygen atoms in total. The molecule has 0 spiro atoms. The summed E-state index contributed by atoms with van der Waals surface area (Å²) in [7, 11) is -6.68. The van der Waals surface area contributed by atoms with Crippen LogP contribution in [0, 0.1) is 0 Å². The molecular formula is C18H29O4P3. The summed E-state index contributed by atoms with van der Waals surface area (Å²) in [5, 5.41) is 3.02. The highest BCUT2D eigenvalue weighted by atomic mass is 31.2. The molecule has 0 aromatic heterocycles. The highest BCUT2D eigenvalue weighted by Gasteiger charge is 2.20. The number of benzene rings is 2. The van der Waals surface area contributed by atoms with Gasteiger partial charge in [-0.15, -0.1) is 0 Å². The van der Waals surface area contributed by atoms with Crippen LogP contribution < -0.4 is 20.4 Å². The van der Waals surface area contributed by atoms with Gasteiger partial charge in [0.1, 0.15) is 0 Å². The molecule has 0 saturated carbocycles. The van der Waals surface area contributed by atoms with E-state index in [2.05, 4.69) is 101 Å². The van der Waals surface area contributed by atoms with Crippen LogP contribution in [0.2, 0.25) is 0 Å². The van der Waals surface area contributed by atoms with Gasteiger partial charge in [0.05, 0.1) is 58.4 Å². The predicted molar refractivity (Wildman–Crippen MR) is 111 cm³/mol. The van der Waals surface area contributed by atoms with Gasteiger partial charge >= 0.3 is 0 Å². The molecule has 1 N–H and O–H groups in total. The summed E-state index contributed by atoms with van der Waals surface area (Å²) in [4.78, 5) is 24.3. The Morgan fingerprint density at radius 2 is 0.880 bits per heavy atom. The first-order chi connectivity index (χ1) is 11.2. The molecule has 7 heteroatoms. The van der Waals surface area contributed by atoms with Crippen molar-refractivity contribution in [3.63, 3.8) is 0 Å². The van der Waals surface area contributed by atoms with E-state index in [-0.39, 0.29) is 0 Å². The van der Waals surface area contributed by atoms with Crippen LogP contribution in [-0.4, -0.2) is 44.9 Å². The van der Waals surface area contributed by atoms with Gasteiger partial charge in [-0.25, -0.2) is 0 Å². The van der Waals surface area contributed by atoms with Crippen LogP contribution in [0.3, 0.4) is 0 Å². The molecule has 0 aliphatic rings. The molecule has 0 unspecified atom stereocenters. The van der Waals surface area contributed by atoms with Crippen molar-refractivity contribution in [1.82, 2.24) is 0 Å². The smallest absolute Gasteiger partial charge is 0.0930 e. The molecule has 140 valence electrons. The summed E-state index contributed by atoms with van der Waals surface area (Å²) in [6.07, 6.45) is 0. The molecule has 0 aliphatic carbocycles. The van der Waals surface area contributed by atoms with Gasteiger partial charge in [-0.2, -0.15) is 0 Å². The van der Waals surface area contributed by atoms with Crippen molar-refractivity contribution >= 4 is 33.0 Å². The minimum atomic E-state index is -5.14. The Morgan fingerprint density at radius 1 is 0.680 bits per heavy atom. The van der Waals surface area contributed by atoms with Gasteiger partial charge in [0.25, 0.3) is 0 Å². The fourth-order valence-electron chi connectivity index (χ4n) is 1.75. The summed E-state index contributed by atoms with van der Waals surface area (Å²) < 4.78 is 8.66. The maximum atomic E-state index is 8.66. The van der Waals surface area contributed by atoms with Crippen LogP contribution >= 0.6 is 22.3 Å². The van der Waals surface area contributed by atoms with E-state index in [4.69, 9.17) is 19.2 Å². The van der Waals surface area contributed by atoms with E-state index in [0.717, 1.165) is 0 Å². The zero-order valence-electron chi connectivity index (χ0n) is 15.8. The van der Waals surface area contributed by atoms with Gasteiger partial charge in [-0.3, -0.25) is 0 Å². The average molecular weight is 402 g/mol. The third-order valence-electron chi connectivity index (χ3n) is 3.06. The van der Waals surface area contributed by atoms with E-state index < -0.39 is 22.3 Å². The lowest BCUT2D eigenvalue weighted by atomic mass is 10.4. The predicted octanol–water partition coefficient (Wildman–Crippen LogP) is 2.25. The van der Waals surface area contributed by atoms with Crippen molar-refractivity contribution in [3.8, 4) is 0 Å². The summed E-state index contributed by atoms with van der Waals surface area (Å²) in [6.45, 7) is 14.0. The largest absolute Gasteiger partial charge is 0.790 e. The molecule has 2 aromatic rings. The van der Waals surface area contributed by atoms with Gasteiger partial charge in [0, 0.05) is 14.5 Å². The van der Waals surface area contributed by atoms with Crippen LogP contribution in [0.4, 0.5) is 0 Å². The Balaban J connectivity index is 0.000000368. The van der Waals surface area contributed by atoms with Gasteiger partial charge in [0.2, 0.25) is 0 Å². The normalized spacial score (nSPS) is 11.6. The molecular weight excluding hydrogens is 373 g/mol.